The molecule has 0 spiro atoms. The van der Waals surface area contributed by atoms with Gasteiger partial charge in [0.2, 0.25) is 0 Å². The van der Waals surface area contributed by atoms with Gasteiger partial charge in [-0.2, -0.15) is 0 Å². The molecule has 116 valence electrons. The maximum Gasteiger partial charge on any atom is 0.122 e. The van der Waals surface area contributed by atoms with Gasteiger partial charge in [-0.3, -0.25) is 4.90 Å². The minimum absolute atomic E-state index is 0.721. The Morgan fingerprint density at radius 1 is 1.10 bits per heavy atom. The molecule has 3 nitrogen and oxygen atoms in total. The molecule has 1 aliphatic heterocycles. The lowest BCUT2D eigenvalue weighted by Crippen LogP contribution is -2.49. The molecule has 3 rings (SSSR count). The molecule has 0 amide bonds. The van der Waals surface area contributed by atoms with Crippen LogP contribution in [0.1, 0.15) is 42.7 Å². The molecule has 0 atom stereocenters. The van der Waals surface area contributed by atoms with Crippen LogP contribution in [0, 0.1) is 6.92 Å². The topological polar surface area (TPSA) is 24.5 Å². The zero-order valence-electron chi connectivity index (χ0n) is 13.4. The number of rotatable bonds is 3. The van der Waals surface area contributed by atoms with Crippen molar-refractivity contribution in [3.05, 3.63) is 29.3 Å². The summed E-state index contributed by atoms with van der Waals surface area (Å²) in [6.07, 6.45) is 5.34. The van der Waals surface area contributed by atoms with Crippen LogP contribution in [0.4, 0.5) is 0 Å². The Hall–Kier alpha value is -1.06. The molecule has 1 N–H and O–H groups in total. The van der Waals surface area contributed by atoms with E-state index in [1.165, 1.54) is 49.9 Å². The van der Waals surface area contributed by atoms with Gasteiger partial charge in [-0.05, 0) is 55.7 Å². The van der Waals surface area contributed by atoms with Gasteiger partial charge in [-0.15, -0.1) is 0 Å². The molecule has 0 unspecified atom stereocenters. The SMILES string of the molecule is COc1cc(C2CCC(N3CCNCC3)CC2)ccc1C. The number of methoxy groups -OCH3 is 1. The van der Waals surface area contributed by atoms with E-state index in [0.29, 0.717) is 0 Å². The van der Waals surface area contributed by atoms with E-state index < -0.39 is 0 Å². The number of aryl methyl sites for hydroxylation is 1. The Labute approximate surface area is 128 Å². The molecule has 1 saturated heterocycles. The fourth-order valence-corrected chi connectivity index (χ4v) is 3.91. The molecule has 0 bridgehead atoms. The summed E-state index contributed by atoms with van der Waals surface area (Å²) < 4.78 is 5.48. The van der Waals surface area contributed by atoms with Crippen LogP contribution < -0.4 is 10.1 Å². The standard InChI is InChI=1S/C18H28N2O/c1-14-3-4-16(13-18(14)21-2)15-5-7-17(8-6-15)20-11-9-19-10-12-20/h3-4,13,15,17,19H,5-12H2,1-2H3. The Kier molecular flexibility index (Phi) is 4.81. The summed E-state index contributed by atoms with van der Waals surface area (Å²) in [5, 5.41) is 3.45. The summed E-state index contributed by atoms with van der Waals surface area (Å²) in [6.45, 7) is 6.90. The minimum atomic E-state index is 0.721. The van der Waals surface area contributed by atoms with Crippen molar-refractivity contribution in [1.82, 2.24) is 10.2 Å². The van der Waals surface area contributed by atoms with Gasteiger partial charge in [0.05, 0.1) is 7.11 Å². The van der Waals surface area contributed by atoms with Crippen molar-refractivity contribution < 1.29 is 4.74 Å². The number of hydrogen-bond acceptors (Lipinski definition) is 3. The first-order valence-electron chi connectivity index (χ1n) is 8.37. The van der Waals surface area contributed by atoms with Crippen LogP contribution in [0.2, 0.25) is 0 Å². The quantitative estimate of drug-likeness (QED) is 0.925. The molecule has 2 aliphatic rings. The average Bonchev–Trinajstić information content (AvgIpc) is 2.56. The molecular weight excluding hydrogens is 260 g/mol. The molecule has 1 saturated carbocycles. The van der Waals surface area contributed by atoms with Crippen LogP contribution in [0.3, 0.4) is 0 Å². The van der Waals surface area contributed by atoms with Crippen molar-refractivity contribution in [1.29, 1.82) is 0 Å². The summed E-state index contributed by atoms with van der Waals surface area (Å²) in [6, 6.07) is 7.57. The van der Waals surface area contributed by atoms with Gasteiger partial charge in [0.15, 0.2) is 0 Å². The molecule has 1 aromatic carbocycles. The van der Waals surface area contributed by atoms with E-state index in [1.54, 1.807) is 7.11 Å². The van der Waals surface area contributed by atoms with Crippen LogP contribution in [0.5, 0.6) is 5.75 Å². The Morgan fingerprint density at radius 3 is 2.48 bits per heavy atom. The molecule has 3 heteroatoms. The number of ether oxygens (including phenoxy) is 1. The monoisotopic (exact) mass is 288 g/mol. The number of nitrogens with zero attached hydrogens (tertiary/aromatic N) is 1. The van der Waals surface area contributed by atoms with Crippen molar-refractivity contribution >= 4 is 0 Å². The zero-order valence-corrected chi connectivity index (χ0v) is 13.4. The van der Waals surface area contributed by atoms with Gasteiger partial charge in [-0.25, -0.2) is 0 Å². The third kappa shape index (κ3) is 3.41. The summed E-state index contributed by atoms with van der Waals surface area (Å²) in [7, 11) is 1.77. The third-order valence-corrected chi connectivity index (χ3v) is 5.27. The first-order valence-corrected chi connectivity index (χ1v) is 8.37. The summed E-state index contributed by atoms with van der Waals surface area (Å²) in [5.74, 6) is 1.76. The van der Waals surface area contributed by atoms with Crippen LogP contribution >= 0.6 is 0 Å². The van der Waals surface area contributed by atoms with E-state index in [2.05, 4.69) is 35.3 Å². The highest BCUT2D eigenvalue weighted by atomic mass is 16.5. The van der Waals surface area contributed by atoms with Crippen molar-refractivity contribution in [3.63, 3.8) is 0 Å². The van der Waals surface area contributed by atoms with Crippen molar-refractivity contribution in [3.8, 4) is 5.75 Å². The maximum absolute atomic E-state index is 5.48. The van der Waals surface area contributed by atoms with E-state index in [4.69, 9.17) is 4.74 Å². The van der Waals surface area contributed by atoms with Gasteiger partial charge in [0, 0.05) is 32.2 Å². The molecule has 1 aliphatic carbocycles. The Morgan fingerprint density at radius 2 is 1.81 bits per heavy atom. The predicted octanol–water partition coefficient (Wildman–Crippen LogP) is 2.94. The molecule has 2 fully saturated rings. The number of hydrogen-bond donors (Lipinski definition) is 1. The third-order valence-electron chi connectivity index (χ3n) is 5.27. The summed E-state index contributed by atoms with van der Waals surface area (Å²) in [5.41, 5.74) is 2.70. The first kappa shape index (κ1) is 14.9. The predicted molar refractivity (Wildman–Crippen MR) is 87.2 cm³/mol. The summed E-state index contributed by atoms with van der Waals surface area (Å²) in [4.78, 5) is 2.70. The Bertz CT molecular complexity index is 460. The van der Waals surface area contributed by atoms with E-state index >= 15 is 0 Å². The normalized spacial score (nSPS) is 27.5. The smallest absolute Gasteiger partial charge is 0.122 e. The van der Waals surface area contributed by atoms with E-state index in [1.807, 2.05) is 0 Å². The first-order chi connectivity index (χ1) is 10.3. The average molecular weight is 288 g/mol. The lowest BCUT2D eigenvalue weighted by atomic mass is 9.81. The molecule has 1 heterocycles. The van der Waals surface area contributed by atoms with Gasteiger partial charge >= 0.3 is 0 Å². The van der Waals surface area contributed by atoms with Crippen molar-refractivity contribution in [2.75, 3.05) is 33.3 Å². The lowest BCUT2D eigenvalue weighted by molar-refractivity contribution is 0.133. The Balaban J connectivity index is 1.60. The number of benzene rings is 1. The number of piperazine rings is 1. The summed E-state index contributed by atoms with van der Waals surface area (Å²) >= 11 is 0. The second-order valence-corrected chi connectivity index (χ2v) is 6.52. The number of nitrogens with one attached hydrogen (secondary N) is 1. The van der Waals surface area contributed by atoms with Crippen molar-refractivity contribution in [2.24, 2.45) is 0 Å². The fraction of sp³-hybridized carbons (Fsp3) is 0.667. The fourth-order valence-electron chi connectivity index (χ4n) is 3.91. The van der Waals surface area contributed by atoms with Gasteiger partial charge in [0.25, 0.3) is 0 Å². The molecule has 0 aromatic heterocycles. The van der Waals surface area contributed by atoms with E-state index in [9.17, 15) is 0 Å². The molecular formula is C18H28N2O. The van der Waals surface area contributed by atoms with Gasteiger partial charge in [0.1, 0.15) is 5.75 Å². The maximum atomic E-state index is 5.48. The molecule has 21 heavy (non-hydrogen) atoms. The molecule has 0 radical (unpaired) electrons. The van der Waals surface area contributed by atoms with E-state index in [0.717, 1.165) is 30.8 Å². The second-order valence-electron chi connectivity index (χ2n) is 6.52. The van der Waals surface area contributed by atoms with Crippen LogP contribution in [-0.4, -0.2) is 44.2 Å². The largest absolute Gasteiger partial charge is 0.496 e. The van der Waals surface area contributed by atoms with Crippen LogP contribution in [-0.2, 0) is 0 Å². The van der Waals surface area contributed by atoms with Crippen LogP contribution in [0.25, 0.3) is 0 Å². The second kappa shape index (κ2) is 6.80. The van der Waals surface area contributed by atoms with E-state index in [-0.39, 0.29) is 0 Å². The van der Waals surface area contributed by atoms with Gasteiger partial charge in [-0.1, -0.05) is 12.1 Å². The zero-order chi connectivity index (χ0) is 14.7. The highest BCUT2D eigenvalue weighted by Crippen LogP contribution is 2.36. The lowest BCUT2D eigenvalue weighted by Gasteiger charge is -2.39. The van der Waals surface area contributed by atoms with Gasteiger partial charge < -0.3 is 10.1 Å². The molecule has 1 aromatic rings. The highest BCUT2D eigenvalue weighted by molar-refractivity contribution is 5.38. The minimum Gasteiger partial charge on any atom is -0.496 e. The highest BCUT2D eigenvalue weighted by Gasteiger charge is 2.27. The van der Waals surface area contributed by atoms with Crippen LogP contribution in [0.15, 0.2) is 18.2 Å². The van der Waals surface area contributed by atoms with Crippen molar-refractivity contribution in [2.45, 2.75) is 44.6 Å².